The minimum Gasteiger partial charge on any atom is -0.352 e. The number of carbonyl (C=O) groups is 2. The molecular weight excluding hydrogens is 559 g/mol. The van der Waals surface area contributed by atoms with Crippen LogP contribution in [0.2, 0.25) is 15.1 Å². The maximum Gasteiger partial charge on any atom is 0.243 e. The van der Waals surface area contributed by atoms with Gasteiger partial charge in [-0.05, 0) is 53.8 Å². The van der Waals surface area contributed by atoms with Crippen LogP contribution in [0, 0.1) is 0 Å². The largest absolute Gasteiger partial charge is 0.352 e. The van der Waals surface area contributed by atoms with Gasteiger partial charge in [0.25, 0.3) is 0 Å². The molecule has 4 nitrogen and oxygen atoms in total. The Morgan fingerprint density at radius 3 is 2.32 bits per heavy atom. The summed E-state index contributed by atoms with van der Waals surface area (Å²) in [4.78, 5) is 29.2. The number of thioether (sulfide) groups is 1. The van der Waals surface area contributed by atoms with Crippen molar-refractivity contribution in [2.45, 2.75) is 56.5 Å². The van der Waals surface area contributed by atoms with Crippen molar-refractivity contribution in [1.29, 1.82) is 0 Å². The van der Waals surface area contributed by atoms with E-state index in [9.17, 15) is 9.59 Å². The molecule has 1 aliphatic carbocycles. The van der Waals surface area contributed by atoms with Gasteiger partial charge in [0, 0.05) is 39.8 Å². The molecule has 0 heterocycles. The van der Waals surface area contributed by atoms with Crippen LogP contribution < -0.4 is 5.32 Å². The number of rotatable bonds is 11. The van der Waals surface area contributed by atoms with Crippen molar-refractivity contribution in [2.24, 2.45) is 0 Å². The number of hydrogen-bond acceptors (Lipinski definition) is 3. The fourth-order valence-electron chi connectivity index (χ4n) is 4.72. The molecule has 0 bridgehead atoms. The predicted octanol–water partition coefficient (Wildman–Crippen LogP) is 7.58. The zero-order valence-electron chi connectivity index (χ0n) is 21.0. The van der Waals surface area contributed by atoms with Gasteiger partial charge in [-0.2, -0.15) is 0 Å². The minimum atomic E-state index is -0.649. The van der Waals surface area contributed by atoms with Gasteiger partial charge in [-0.15, -0.1) is 11.8 Å². The van der Waals surface area contributed by atoms with Gasteiger partial charge >= 0.3 is 0 Å². The smallest absolute Gasteiger partial charge is 0.243 e. The summed E-state index contributed by atoms with van der Waals surface area (Å²) in [6, 6.07) is 22.2. The third-order valence-corrected chi connectivity index (χ3v) is 8.50. The molecule has 4 rings (SSSR count). The summed E-state index contributed by atoms with van der Waals surface area (Å²) in [5.74, 6) is 0.552. The first kappa shape index (κ1) is 28.8. The average molecular weight is 590 g/mol. The van der Waals surface area contributed by atoms with Crippen LogP contribution in [0.25, 0.3) is 0 Å². The van der Waals surface area contributed by atoms with Crippen molar-refractivity contribution in [1.82, 2.24) is 10.2 Å². The molecule has 8 heteroatoms. The van der Waals surface area contributed by atoms with E-state index in [0.29, 0.717) is 27.2 Å². The number of nitrogens with zero attached hydrogens (tertiary/aromatic N) is 1. The minimum absolute atomic E-state index is 0.109. The Labute approximate surface area is 244 Å². The third-order valence-electron chi connectivity index (χ3n) is 6.71. The van der Waals surface area contributed by atoms with E-state index in [2.05, 4.69) is 5.32 Å². The molecule has 0 aromatic heterocycles. The van der Waals surface area contributed by atoms with Gasteiger partial charge in [-0.1, -0.05) is 96.2 Å². The van der Waals surface area contributed by atoms with Crippen LogP contribution in [0.3, 0.4) is 0 Å². The molecular formula is C30H31Cl3N2O2S. The molecule has 0 spiro atoms. The Bertz CT molecular complexity index is 1240. The van der Waals surface area contributed by atoms with E-state index in [4.69, 9.17) is 34.8 Å². The summed E-state index contributed by atoms with van der Waals surface area (Å²) in [5, 5.41) is 4.97. The van der Waals surface area contributed by atoms with Crippen LogP contribution in [0.1, 0.15) is 42.4 Å². The molecule has 3 aromatic carbocycles. The zero-order valence-corrected chi connectivity index (χ0v) is 24.1. The molecule has 1 N–H and O–H groups in total. The fraction of sp³-hybridized carbons (Fsp3) is 0.333. The molecule has 0 saturated heterocycles. The van der Waals surface area contributed by atoms with Crippen molar-refractivity contribution in [3.8, 4) is 0 Å². The van der Waals surface area contributed by atoms with Crippen LogP contribution in [0.15, 0.2) is 72.8 Å². The summed E-state index contributed by atoms with van der Waals surface area (Å²) in [5.41, 5.74) is 2.79. The first-order valence-corrected chi connectivity index (χ1v) is 15.1. The van der Waals surface area contributed by atoms with Crippen molar-refractivity contribution in [2.75, 3.05) is 5.75 Å². The second-order valence-electron chi connectivity index (χ2n) is 9.58. The lowest BCUT2D eigenvalue weighted by Crippen LogP contribution is -2.52. The number of amides is 2. The van der Waals surface area contributed by atoms with Gasteiger partial charge in [0.1, 0.15) is 6.04 Å². The average Bonchev–Trinajstić information content (AvgIpc) is 3.41. The lowest BCUT2D eigenvalue weighted by molar-refractivity contribution is -0.139. The van der Waals surface area contributed by atoms with Crippen molar-refractivity contribution < 1.29 is 9.59 Å². The van der Waals surface area contributed by atoms with E-state index in [1.807, 2.05) is 54.6 Å². The normalized spacial score (nSPS) is 14.3. The van der Waals surface area contributed by atoms with Crippen LogP contribution in [-0.4, -0.2) is 34.6 Å². The number of benzene rings is 3. The summed E-state index contributed by atoms with van der Waals surface area (Å²) >= 11 is 20.1. The quantitative estimate of drug-likeness (QED) is 0.251. The number of hydrogen-bond donors (Lipinski definition) is 1. The Kier molecular flexibility index (Phi) is 10.8. The molecule has 1 saturated carbocycles. The second kappa shape index (κ2) is 14.3. The Hall–Kier alpha value is -2.18. The van der Waals surface area contributed by atoms with Crippen LogP contribution in [0.5, 0.6) is 0 Å². The van der Waals surface area contributed by atoms with Gasteiger partial charge < -0.3 is 10.2 Å². The molecule has 1 atom stereocenters. The van der Waals surface area contributed by atoms with Crippen LogP contribution in [0.4, 0.5) is 0 Å². The maximum absolute atomic E-state index is 13.8. The Balaban J connectivity index is 1.57. The predicted molar refractivity (Wildman–Crippen MR) is 159 cm³/mol. The maximum atomic E-state index is 13.8. The molecule has 2 amide bonds. The van der Waals surface area contributed by atoms with Crippen molar-refractivity contribution in [3.63, 3.8) is 0 Å². The molecule has 0 radical (unpaired) electrons. The Morgan fingerprint density at radius 2 is 1.61 bits per heavy atom. The van der Waals surface area contributed by atoms with E-state index >= 15 is 0 Å². The Morgan fingerprint density at radius 1 is 0.895 bits per heavy atom. The van der Waals surface area contributed by atoms with Gasteiger partial charge in [-0.3, -0.25) is 9.59 Å². The highest BCUT2D eigenvalue weighted by Crippen LogP contribution is 2.26. The fourth-order valence-corrected chi connectivity index (χ4v) is 6.41. The van der Waals surface area contributed by atoms with Gasteiger partial charge in [-0.25, -0.2) is 0 Å². The highest BCUT2D eigenvalue weighted by atomic mass is 35.5. The van der Waals surface area contributed by atoms with Gasteiger partial charge in [0.2, 0.25) is 11.8 Å². The second-order valence-corrected chi connectivity index (χ2v) is 11.8. The van der Waals surface area contributed by atoms with Gasteiger partial charge in [0.15, 0.2) is 0 Å². The van der Waals surface area contributed by atoms with Crippen molar-refractivity contribution >= 4 is 58.4 Å². The summed E-state index contributed by atoms with van der Waals surface area (Å²) in [6.45, 7) is 0.289. The summed E-state index contributed by atoms with van der Waals surface area (Å²) < 4.78 is 0. The van der Waals surface area contributed by atoms with E-state index in [1.165, 1.54) is 11.8 Å². The van der Waals surface area contributed by atoms with E-state index in [1.54, 1.807) is 23.1 Å². The lowest BCUT2D eigenvalue weighted by atomic mass is 10.0. The molecule has 1 fully saturated rings. The van der Waals surface area contributed by atoms with E-state index in [-0.39, 0.29) is 30.2 Å². The molecule has 0 unspecified atom stereocenters. The first-order chi connectivity index (χ1) is 18.4. The monoisotopic (exact) mass is 588 g/mol. The first-order valence-electron chi connectivity index (χ1n) is 12.8. The standard InChI is InChI=1S/C30H31Cl3N2O2S/c31-24-10-6-9-22(15-24)18-35(29(36)20-38-19-23-13-14-25(32)17-27(23)33)28(16-21-7-2-1-3-8-21)30(37)34-26-11-4-5-12-26/h1-3,6-10,13-15,17,26,28H,4-5,11-12,16,18-20H2,(H,34,37)/t28-/m1/s1. The number of carbonyl (C=O) groups excluding carboxylic acids is 2. The highest BCUT2D eigenvalue weighted by molar-refractivity contribution is 7.99. The number of nitrogens with one attached hydrogen (secondary N) is 1. The van der Waals surface area contributed by atoms with Crippen LogP contribution in [-0.2, 0) is 28.3 Å². The SMILES string of the molecule is O=C(NC1CCCC1)[C@@H](Cc1ccccc1)N(Cc1cccc(Cl)c1)C(=O)CSCc1ccc(Cl)cc1Cl. The highest BCUT2D eigenvalue weighted by Gasteiger charge is 2.32. The molecule has 1 aliphatic rings. The zero-order chi connectivity index (χ0) is 26.9. The summed E-state index contributed by atoms with van der Waals surface area (Å²) in [6.07, 6.45) is 4.61. The molecule has 0 aliphatic heterocycles. The van der Waals surface area contributed by atoms with Crippen molar-refractivity contribution in [3.05, 3.63) is 105 Å². The summed E-state index contributed by atoms with van der Waals surface area (Å²) in [7, 11) is 0. The lowest BCUT2D eigenvalue weighted by Gasteiger charge is -2.32. The van der Waals surface area contributed by atoms with E-state index in [0.717, 1.165) is 42.4 Å². The van der Waals surface area contributed by atoms with Crippen LogP contribution >= 0.6 is 46.6 Å². The third kappa shape index (κ3) is 8.41. The van der Waals surface area contributed by atoms with E-state index < -0.39 is 6.04 Å². The molecule has 38 heavy (non-hydrogen) atoms. The molecule has 200 valence electrons. The topological polar surface area (TPSA) is 49.4 Å². The number of halogens is 3. The molecule has 3 aromatic rings. The van der Waals surface area contributed by atoms with Gasteiger partial charge in [0.05, 0.1) is 5.75 Å².